The minimum atomic E-state index is -1.14. The van der Waals surface area contributed by atoms with Crippen molar-refractivity contribution in [2.24, 2.45) is 5.41 Å². The Kier molecular flexibility index (Phi) is 13.7. The predicted molar refractivity (Wildman–Crippen MR) is 188 cm³/mol. The van der Waals surface area contributed by atoms with Gasteiger partial charge in [0.05, 0.1) is 47.4 Å². The lowest BCUT2D eigenvalue weighted by Gasteiger charge is -2.44. The highest BCUT2D eigenvalue weighted by atomic mass is 16.5. The Bertz CT molecular complexity index is 1470. The van der Waals surface area contributed by atoms with E-state index in [1.807, 2.05) is 77.7 Å². The van der Waals surface area contributed by atoms with Gasteiger partial charge in [0.25, 0.3) is 0 Å². The van der Waals surface area contributed by atoms with E-state index in [1.54, 1.807) is 21.3 Å². The Morgan fingerprint density at radius 2 is 1.22 bits per heavy atom. The Morgan fingerprint density at radius 3 is 1.64 bits per heavy atom. The molecule has 0 bridgehead atoms. The van der Waals surface area contributed by atoms with E-state index in [-0.39, 0.29) is 32.0 Å². The summed E-state index contributed by atoms with van der Waals surface area (Å²) < 4.78 is 29.4. The van der Waals surface area contributed by atoms with Gasteiger partial charge in [0.1, 0.15) is 22.8 Å². The molecule has 10 nitrogen and oxygen atoms in total. The predicted octanol–water partition coefficient (Wildman–Crippen LogP) is 6.23. The number of unbranched alkanes of at least 4 members (excludes halogenated alkanes) is 2. The molecule has 3 aromatic carbocycles. The maximum absolute atomic E-state index is 13.1. The van der Waals surface area contributed by atoms with E-state index in [0.717, 1.165) is 29.5 Å². The zero-order chi connectivity index (χ0) is 36.0. The molecule has 0 unspecified atom stereocenters. The summed E-state index contributed by atoms with van der Waals surface area (Å²) in [5, 5.41) is 9.10. The number of carboxylic acids is 1. The first kappa shape index (κ1) is 37.8. The molecule has 0 saturated carbocycles. The van der Waals surface area contributed by atoms with Crippen molar-refractivity contribution in [2.45, 2.75) is 57.0 Å². The summed E-state index contributed by atoms with van der Waals surface area (Å²) >= 11 is 0. The Hall–Kier alpha value is -5.01. The number of nitrogens with zero attached hydrogens (tertiary/aromatic N) is 1. The van der Waals surface area contributed by atoms with Gasteiger partial charge in [-0.15, -0.1) is 12.3 Å². The van der Waals surface area contributed by atoms with Crippen LogP contribution in [0.1, 0.15) is 68.1 Å². The van der Waals surface area contributed by atoms with E-state index in [2.05, 4.69) is 5.92 Å². The van der Waals surface area contributed by atoms with E-state index in [9.17, 15) is 14.4 Å². The van der Waals surface area contributed by atoms with E-state index in [1.165, 1.54) is 0 Å². The fraction of sp³-hybridized carbons (Fsp3) is 0.425. The lowest BCUT2D eigenvalue weighted by Crippen LogP contribution is -2.49. The average molecular weight is 686 g/mol. The minimum absolute atomic E-state index is 0.0135. The molecule has 0 aromatic heterocycles. The summed E-state index contributed by atoms with van der Waals surface area (Å²) in [5.74, 6) is 3.09. The van der Waals surface area contributed by atoms with Gasteiger partial charge in [-0.3, -0.25) is 14.4 Å². The summed E-state index contributed by atoms with van der Waals surface area (Å²) in [5.41, 5.74) is 0.690. The molecule has 4 rings (SSSR count). The number of hydrogen-bond acceptors (Lipinski definition) is 8. The van der Waals surface area contributed by atoms with E-state index in [0.29, 0.717) is 56.0 Å². The first-order valence-corrected chi connectivity index (χ1v) is 16.8. The molecule has 10 heteroatoms. The van der Waals surface area contributed by atoms with E-state index in [4.69, 9.17) is 35.2 Å². The molecule has 50 heavy (non-hydrogen) atoms. The average Bonchev–Trinajstić information content (AvgIpc) is 3.16. The molecule has 0 atom stereocenters. The van der Waals surface area contributed by atoms with Gasteiger partial charge in [0.15, 0.2) is 0 Å². The molecule has 0 radical (unpaired) electrons. The third-order valence-corrected chi connectivity index (χ3v) is 9.31. The molecule has 1 N–H and O–H groups in total. The smallest absolute Gasteiger partial charge is 0.306 e. The van der Waals surface area contributed by atoms with Crippen molar-refractivity contribution < 1.29 is 43.2 Å². The van der Waals surface area contributed by atoms with Crippen LogP contribution < -0.4 is 14.2 Å². The van der Waals surface area contributed by atoms with Gasteiger partial charge < -0.3 is 33.7 Å². The second-order valence-corrected chi connectivity index (χ2v) is 12.5. The van der Waals surface area contributed by atoms with Gasteiger partial charge >= 0.3 is 11.9 Å². The number of hydrogen-bond donors (Lipinski definition) is 1. The van der Waals surface area contributed by atoms with Crippen LogP contribution in [0.4, 0.5) is 0 Å². The van der Waals surface area contributed by atoms with Crippen molar-refractivity contribution in [1.82, 2.24) is 4.90 Å². The van der Waals surface area contributed by atoms with Gasteiger partial charge in [-0.25, -0.2) is 0 Å². The van der Waals surface area contributed by atoms with Crippen LogP contribution in [0, 0.1) is 17.8 Å². The molecule has 0 spiro atoms. The van der Waals surface area contributed by atoms with Crippen LogP contribution in [0.15, 0.2) is 72.8 Å². The van der Waals surface area contributed by atoms with Crippen LogP contribution >= 0.6 is 0 Å². The Morgan fingerprint density at radius 1 is 0.740 bits per heavy atom. The SMILES string of the molecule is C#CCCCCC(=O)N1CCC(COC(=O)CCC(=O)O)(COC(c2ccc(OC)cc2)(c2ccc(OC)cc2)c2ccc(OC)cc2)CC1. The molecule has 0 aliphatic carbocycles. The van der Waals surface area contributed by atoms with Gasteiger partial charge in [-0.05, 0) is 78.8 Å². The molecule has 3 aromatic rings. The fourth-order valence-corrected chi connectivity index (χ4v) is 6.23. The van der Waals surface area contributed by atoms with Gasteiger partial charge in [-0.2, -0.15) is 0 Å². The number of terminal acetylenes is 1. The van der Waals surface area contributed by atoms with Crippen molar-refractivity contribution in [3.05, 3.63) is 89.5 Å². The van der Waals surface area contributed by atoms with Gasteiger partial charge in [0.2, 0.25) is 5.91 Å². The molecule has 266 valence electrons. The second-order valence-electron chi connectivity index (χ2n) is 12.5. The number of carbonyl (C=O) groups excluding carboxylic acids is 2. The standard InChI is InChI=1S/C40H47NO9/c1-5-6-7-8-9-36(42)41-26-24-39(25-27-41,28-49-38(45)23-22-37(43)44)29-50-40(30-10-16-33(46-2)17-11-30,31-12-18-34(47-3)19-13-31)32-14-20-35(48-4)21-15-32/h1,10-21H,6-9,22-29H2,2-4H3,(H,43,44). The van der Waals surface area contributed by atoms with Crippen LogP contribution in [0.5, 0.6) is 17.2 Å². The van der Waals surface area contributed by atoms with E-state index >= 15 is 0 Å². The summed E-state index contributed by atoms with van der Waals surface area (Å²) in [4.78, 5) is 38.7. The lowest BCUT2D eigenvalue weighted by molar-refractivity contribution is -0.157. The molecule has 1 aliphatic rings. The number of piperidine rings is 1. The van der Waals surface area contributed by atoms with Crippen molar-refractivity contribution in [3.8, 4) is 29.6 Å². The number of rotatable bonds is 18. The van der Waals surface area contributed by atoms with Gasteiger partial charge in [0, 0.05) is 31.3 Å². The van der Waals surface area contributed by atoms with Crippen LogP contribution in [0.2, 0.25) is 0 Å². The highest BCUT2D eigenvalue weighted by Gasteiger charge is 2.44. The monoisotopic (exact) mass is 685 g/mol. The fourth-order valence-electron chi connectivity index (χ4n) is 6.23. The van der Waals surface area contributed by atoms with Crippen molar-refractivity contribution in [2.75, 3.05) is 47.6 Å². The zero-order valence-electron chi connectivity index (χ0n) is 29.2. The maximum Gasteiger partial charge on any atom is 0.306 e. The number of aliphatic carboxylic acids is 1. The second kappa shape index (κ2) is 18.1. The minimum Gasteiger partial charge on any atom is -0.497 e. The number of carbonyl (C=O) groups is 3. The normalized spacial score (nSPS) is 13.9. The van der Waals surface area contributed by atoms with Crippen molar-refractivity contribution in [1.29, 1.82) is 0 Å². The number of likely N-dealkylation sites (tertiary alicyclic amines) is 1. The number of methoxy groups -OCH3 is 3. The summed E-state index contributed by atoms with van der Waals surface area (Å²) in [6.45, 7) is 1.10. The van der Waals surface area contributed by atoms with E-state index < -0.39 is 23.0 Å². The number of benzene rings is 3. The first-order valence-electron chi connectivity index (χ1n) is 16.8. The van der Waals surface area contributed by atoms with Crippen LogP contribution in [-0.2, 0) is 29.5 Å². The number of ether oxygens (including phenoxy) is 5. The third-order valence-electron chi connectivity index (χ3n) is 9.31. The highest BCUT2D eigenvalue weighted by molar-refractivity contribution is 5.77. The van der Waals surface area contributed by atoms with Crippen LogP contribution in [-0.4, -0.2) is 75.5 Å². The largest absolute Gasteiger partial charge is 0.497 e. The van der Waals surface area contributed by atoms with Crippen LogP contribution in [0.25, 0.3) is 0 Å². The quantitative estimate of drug-likeness (QED) is 0.0719. The van der Waals surface area contributed by atoms with Crippen LogP contribution in [0.3, 0.4) is 0 Å². The molecule has 1 saturated heterocycles. The molecule has 1 aliphatic heterocycles. The highest BCUT2D eigenvalue weighted by Crippen LogP contribution is 2.45. The van der Waals surface area contributed by atoms with Gasteiger partial charge in [-0.1, -0.05) is 36.4 Å². The summed E-state index contributed by atoms with van der Waals surface area (Å²) in [7, 11) is 4.84. The number of amides is 1. The molecule has 1 fully saturated rings. The number of carboxylic acid groups (broad SMARTS) is 1. The zero-order valence-corrected chi connectivity index (χ0v) is 29.2. The third kappa shape index (κ3) is 9.57. The first-order chi connectivity index (χ1) is 24.2. The maximum atomic E-state index is 13.1. The molecule has 1 heterocycles. The lowest BCUT2D eigenvalue weighted by atomic mass is 9.77. The topological polar surface area (TPSA) is 121 Å². The molecule has 1 amide bonds. The summed E-state index contributed by atoms with van der Waals surface area (Å²) in [6, 6.07) is 23.1. The van der Waals surface area contributed by atoms with Crippen molar-refractivity contribution >= 4 is 17.8 Å². The number of esters is 1. The Balaban J connectivity index is 1.73. The molecular weight excluding hydrogens is 638 g/mol. The summed E-state index contributed by atoms with van der Waals surface area (Å²) in [6.07, 6.45) is 8.43. The van der Waals surface area contributed by atoms with Crippen molar-refractivity contribution in [3.63, 3.8) is 0 Å². The Labute approximate surface area is 294 Å². The molecular formula is C40H47NO9.